The van der Waals surface area contributed by atoms with Gasteiger partial charge in [0.05, 0.1) is 0 Å². The Morgan fingerprint density at radius 2 is 1.42 bits per heavy atom. The van der Waals surface area contributed by atoms with E-state index in [0.29, 0.717) is 18.7 Å². The molecule has 0 heterocycles. The summed E-state index contributed by atoms with van der Waals surface area (Å²) in [5.41, 5.74) is 7.20. The van der Waals surface area contributed by atoms with Crippen LogP contribution in [0, 0.1) is 0 Å². The molecule has 1 rings (SSSR count). The van der Waals surface area contributed by atoms with Gasteiger partial charge in [0, 0.05) is 30.4 Å². The second kappa shape index (κ2) is 13.3. The largest absolute Gasteiger partial charge is 0.326 e. The van der Waals surface area contributed by atoms with Crippen LogP contribution in [0.25, 0.3) is 0 Å². The molecule has 136 valence electrons. The van der Waals surface area contributed by atoms with E-state index in [0.717, 1.165) is 18.4 Å². The average Bonchev–Trinajstić information content (AvgIpc) is 2.62. The van der Waals surface area contributed by atoms with Gasteiger partial charge in [-0.05, 0) is 24.1 Å². The standard InChI is InChI=1S/C20H33ClN2O/c1-2-3-4-5-6-7-8-9-10-11-16-23(21)20(24)19-14-12-18(17-22)13-15-19/h12-15H,2-11,16-17,22H2,1H3. The molecule has 0 atom stereocenters. The molecule has 0 saturated carbocycles. The molecule has 2 N–H and O–H groups in total. The van der Waals surface area contributed by atoms with Crippen molar-refractivity contribution in [2.24, 2.45) is 5.73 Å². The number of nitrogens with zero attached hydrogens (tertiary/aromatic N) is 1. The molecule has 0 aliphatic carbocycles. The number of hydrogen-bond donors (Lipinski definition) is 1. The molecule has 4 heteroatoms. The summed E-state index contributed by atoms with van der Waals surface area (Å²) in [6.07, 6.45) is 12.8. The lowest BCUT2D eigenvalue weighted by Crippen LogP contribution is -2.22. The smallest absolute Gasteiger partial charge is 0.268 e. The fraction of sp³-hybridized carbons (Fsp3) is 0.650. The van der Waals surface area contributed by atoms with Crippen molar-refractivity contribution < 1.29 is 4.79 Å². The normalized spacial score (nSPS) is 10.8. The third-order valence-electron chi connectivity index (χ3n) is 4.36. The van der Waals surface area contributed by atoms with Crippen molar-refractivity contribution in [3.8, 4) is 0 Å². The molecule has 0 aliphatic heterocycles. The van der Waals surface area contributed by atoms with Gasteiger partial charge in [-0.25, -0.2) is 0 Å². The van der Waals surface area contributed by atoms with Crippen molar-refractivity contribution in [2.75, 3.05) is 6.54 Å². The summed E-state index contributed by atoms with van der Waals surface area (Å²) in [4.78, 5) is 12.2. The van der Waals surface area contributed by atoms with Crippen LogP contribution in [0.2, 0.25) is 0 Å². The van der Waals surface area contributed by atoms with Crippen molar-refractivity contribution in [1.29, 1.82) is 0 Å². The van der Waals surface area contributed by atoms with E-state index in [1.54, 1.807) is 12.1 Å². The van der Waals surface area contributed by atoms with Crippen molar-refractivity contribution in [2.45, 2.75) is 77.7 Å². The summed E-state index contributed by atoms with van der Waals surface area (Å²) in [6, 6.07) is 7.33. The van der Waals surface area contributed by atoms with Crippen molar-refractivity contribution in [3.05, 3.63) is 35.4 Å². The van der Waals surface area contributed by atoms with Crippen molar-refractivity contribution in [3.63, 3.8) is 0 Å². The lowest BCUT2D eigenvalue weighted by atomic mass is 10.1. The molecule has 1 aromatic carbocycles. The van der Waals surface area contributed by atoms with Gasteiger partial charge in [0.15, 0.2) is 0 Å². The van der Waals surface area contributed by atoms with E-state index in [9.17, 15) is 4.79 Å². The Morgan fingerprint density at radius 1 is 0.917 bits per heavy atom. The summed E-state index contributed by atoms with van der Waals surface area (Å²) in [5, 5.41) is 0. The first kappa shape index (κ1) is 21.0. The maximum absolute atomic E-state index is 12.2. The predicted molar refractivity (Wildman–Crippen MR) is 103 cm³/mol. The molecule has 0 saturated heterocycles. The Kier molecular flexibility index (Phi) is 11.6. The van der Waals surface area contributed by atoms with Crippen LogP contribution in [0.15, 0.2) is 24.3 Å². The minimum Gasteiger partial charge on any atom is -0.326 e. The van der Waals surface area contributed by atoms with Gasteiger partial charge in [-0.2, -0.15) is 0 Å². The fourth-order valence-corrected chi connectivity index (χ4v) is 2.98. The number of amides is 1. The summed E-state index contributed by atoms with van der Waals surface area (Å²) < 4.78 is 1.31. The fourth-order valence-electron chi connectivity index (χ4n) is 2.76. The summed E-state index contributed by atoms with van der Waals surface area (Å²) >= 11 is 6.11. The van der Waals surface area contributed by atoms with Gasteiger partial charge in [0.2, 0.25) is 0 Å². The molecule has 0 radical (unpaired) electrons. The number of benzene rings is 1. The predicted octanol–water partition coefficient (Wildman–Crippen LogP) is 5.66. The first-order valence-corrected chi connectivity index (χ1v) is 9.79. The number of unbranched alkanes of at least 4 members (excludes halogenated alkanes) is 9. The van der Waals surface area contributed by atoms with E-state index in [1.165, 1.54) is 55.8 Å². The molecule has 1 amide bonds. The summed E-state index contributed by atoms with van der Waals surface area (Å²) in [7, 11) is 0. The van der Waals surface area contributed by atoms with Crippen LogP contribution < -0.4 is 5.73 Å². The van der Waals surface area contributed by atoms with Crippen LogP contribution in [0.1, 0.15) is 87.1 Å². The van der Waals surface area contributed by atoms with Crippen molar-refractivity contribution in [1.82, 2.24) is 4.42 Å². The van der Waals surface area contributed by atoms with E-state index in [-0.39, 0.29) is 5.91 Å². The van der Waals surface area contributed by atoms with Crippen molar-refractivity contribution >= 4 is 17.7 Å². The van der Waals surface area contributed by atoms with Gasteiger partial charge < -0.3 is 5.73 Å². The molecule has 1 aromatic rings. The van der Waals surface area contributed by atoms with E-state index >= 15 is 0 Å². The lowest BCUT2D eigenvalue weighted by molar-refractivity contribution is 0.0862. The van der Waals surface area contributed by atoms with Crippen LogP contribution >= 0.6 is 11.8 Å². The minimum atomic E-state index is -0.129. The van der Waals surface area contributed by atoms with E-state index in [1.807, 2.05) is 12.1 Å². The Balaban J connectivity index is 2.08. The van der Waals surface area contributed by atoms with E-state index < -0.39 is 0 Å². The van der Waals surface area contributed by atoms with Crippen LogP contribution in [-0.2, 0) is 6.54 Å². The number of rotatable bonds is 13. The van der Waals surface area contributed by atoms with E-state index in [4.69, 9.17) is 17.5 Å². The van der Waals surface area contributed by atoms with Crippen LogP contribution in [-0.4, -0.2) is 16.9 Å². The minimum absolute atomic E-state index is 0.129. The molecule has 0 aliphatic rings. The Hall–Kier alpha value is -1.06. The molecule has 0 spiro atoms. The molecule has 0 bridgehead atoms. The highest BCUT2D eigenvalue weighted by molar-refractivity contribution is 6.24. The summed E-state index contributed by atoms with van der Waals surface area (Å²) in [5.74, 6) is -0.129. The third kappa shape index (κ3) is 8.70. The van der Waals surface area contributed by atoms with Gasteiger partial charge >= 0.3 is 0 Å². The third-order valence-corrected chi connectivity index (χ3v) is 4.69. The van der Waals surface area contributed by atoms with Gasteiger partial charge in [0.25, 0.3) is 5.91 Å². The molecule has 0 fully saturated rings. The van der Waals surface area contributed by atoms with Gasteiger partial charge in [0.1, 0.15) is 0 Å². The second-order valence-corrected chi connectivity index (χ2v) is 6.88. The maximum Gasteiger partial charge on any atom is 0.268 e. The molecule has 0 aromatic heterocycles. The Labute approximate surface area is 152 Å². The Bertz CT molecular complexity index is 447. The highest BCUT2D eigenvalue weighted by Gasteiger charge is 2.12. The quantitative estimate of drug-likeness (QED) is 0.367. The van der Waals surface area contributed by atoms with Crippen LogP contribution in [0.3, 0.4) is 0 Å². The number of nitrogens with two attached hydrogens (primary N) is 1. The Morgan fingerprint density at radius 3 is 1.92 bits per heavy atom. The molecule has 0 unspecified atom stereocenters. The first-order valence-electron chi connectivity index (χ1n) is 9.45. The maximum atomic E-state index is 12.2. The van der Waals surface area contributed by atoms with Gasteiger partial charge in [-0.3, -0.25) is 9.21 Å². The zero-order valence-electron chi connectivity index (χ0n) is 15.1. The highest BCUT2D eigenvalue weighted by atomic mass is 35.5. The number of hydrogen-bond acceptors (Lipinski definition) is 2. The SMILES string of the molecule is CCCCCCCCCCCCN(Cl)C(=O)c1ccc(CN)cc1. The zero-order chi connectivity index (χ0) is 17.6. The second-order valence-electron chi connectivity index (χ2n) is 6.47. The van der Waals surface area contributed by atoms with Crippen LogP contribution in [0.4, 0.5) is 0 Å². The highest BCUT2D eigenvalue weighted by Crippen LogP contribution is 2.13. The number of carbonyl (C=O) groups is 1. The van der Waals surface area contributed by atoms with Gasteiger partial charge in [-0.15, -0.1) is 0 Å². The van der Waals surface area contributed by atoms with Gasteiger partial charge in [-0.1, -0.05) is 76.8 Å². The first-order chi connectivity index (χ1) is 11.7. The molecule has 3 nitrogen and oxygen atoms in total. The monoisotopic (exact) mass is 352 g/mol. The molecule has 24 heavy (non-hydrogen) atoms. The lowest BCUT2D eigenvalue weighted by Gasteiger charge is -2.14. The average molecular weight is 353 g/mol. The van der Waals surface area contributed by atoms with Crippen LogP contribution in [0.5, 0.6) is 0 Å². The molecular formula is C20H33ClN2O. The number of carbonyl (C=O) groups excluding carboxylic acids is 1. The summed E-state index contributed by atoms with van der Waals surface area (Å²) in [6.45, 7) is 3.34. The van der Waals surface area contributed by atoms with E-state index in [2.05, 4.69) is 6.92 Å². The topological polar surface area (TPSA) is 46.3 Å². The molecular weight excluding hydrogens is 320 g/mol. The number of halogens is 1. The zero-order valence-corrected chi connectivity index (χ0v) is 15.9.